The molecule has 2 heterocycles. The monoisotopic (exact) mass is 221 g/mol. The molecule has 1 aliphatic carbocycles. The summed E-state index contributed by atoms with van der Waals surface area (Å²) in [6.45, 7) is 2.16. The number of piperidine rings is 1. The molecule has 0 radical (unpaired) electrons. The molecule has 3 rings (SSSR count). The lowest BCUT2D eigenvalue weighted by atomic mass is 9.77. The number of hydrogen-bond donors (Lipinski definition) is 2. The van der Waals surface area contributed by atoms with Crippen molar-refractivity contribution in [3.8, 4) is 0 Å². The Morgan fingerprint density at radius 2 is 1.81 bits per heavy atom. The van der Waals surface area contributed by atoms with E-state index in [0.29, 0.717) is 11.4 Å². The molecule has 0 bridgehead atoms. The molecule has 1 spiro atoms. The summed E-state index contributed by atoms with van der Waals surface area (Å²) in [7, 11) is 0. The lowest BCUT2D eigenvalue weighted by molar-refractivity contribution is 0.225. The molecule has 1 aromatic rings. The molecular weight excluding hydrogens is 202 g/mol. The van der Waals surface area contributed by atoms with Crippen LogP contribution in [0.15, 0.2) is 0 Å². The molecule has 88 valence electrons. The number of hydrogen-bond acceptors (Lipinski definition) is 4. The number of aromatic amines is 1. The van der Waals surface area contributed by atoms with Gasteiger partial charge < -0.3 is 10.6 Å². The van der Waals surface area contributed by atoms with Crippen LogP contribution in [0.25, 0.3) is 0 Å². The molecule has 0 aromatic carbocycles. The highest BCUT2D eigenvalue weighted by Gasteiger charge is 2.37. The Labute approximate surface area is 95.4 Å². The zero-order chi connectivity index (χ0) is 11.0. The smallest absolute Gasteiger partial charge is 0.246 e. The Hall–Kier alpha value is -1.26. The predicted octanol–water partition coefficient (Wildman–Crippen LogP) is 1.55. The van der Waals surface area contributed by atoms with E-state index in [2.05, 4.69) is 20.1 Å². The van der Waals surface area contributed by atoms with Gasteiger partial charge in [-0.15, -0.1) is 5.10 Å². The van der Waals surface area contributed by atoms with Crippen molar-refractivity contribution < 1.29 is 0 Å². The quantitative estimate of drug-likeness (QED) is 0.754. The average Bonchev–Trinajstić information content (AvgIpc) is 2.90. The molecule has 2 fully saturated rings. The molecule has 0 unspecified atom stereocenters. The Morgan fingerprint density at radius 1 is 1.12 bits per heavy atom. The van der Waals surface area contributed by atoms with Gasteiger partial charge in [0.25, 0.3) is 0 Å². The van der Waals surface area contributed by atoms with Gasteiger partial charge in [-0.3, -0.25) is 0 Å². The number of nitrogens with one attached hydrogen (secondary N) is 1. The van der Waals surface area contributed by atoms with Gasteiger partial charge in [0.15, 0.2) is 0 Å². The number of nitrogens with two attached hydrogens (primary N) is 1. The minimum absolute atomic E-state index is 0.413. The van der Waals surface area contributed by atoms with Crippen molar-refractivity contribution in [1.29, 1.82) is 0 Å². The Kier molecular flexibility index (Phi) is 2.26. The second kappa shape index (κ2) is 3.64. The van der Waals surface area contributed by atoms with E-state index >= 15 is 0 Å². The highest BCUT2D eigenvalue weighted by Crippen LogP contribution is 2.46. The molecule has 1 saturated carbocycles. The predicted molar refractivity (Wildman–Crippen MR) is 63.1 cm³/mol. The van der Waals surface area contributed by atoms with Gasteiger partial charge in [0.05, 0.1) is 0 Å². The fourth-order valence-corrected chi connectivity index (χ4v) is 3.21. The van der Waals surface area contributed by atoms with E-state index < -0.39 is 0 Å². The first-order valence-electron chi connectivity index (χ1n) is 6.20. The van der Waals surface area contributed by atoms with Crippen molar-refractivity contribution in [3.63, 3.8) is 0 Å². The molecule has 1 aromatic heterocycles. The van der Waals surface area contributed by atoms with E-state index in [4.69, 9.17) is 5.73 Å². The van der Waals surface area contributed by atoms with E-state index in [0.717, 1.165) is 19.0 Å². The first kappa shape index (κ1) is 9.93. The van der Waals surface area contributed by atoms with Gasteiger partial charge in [0, 0.05) is 13.1 Å². The average molecular weight is 221 g/mol. The maximum atomic E-state index is 5.55. The van der Waals surface area contributed by atoms with Crippen LogP contribution < -0.4 is 10.6 Å². The van der Waals surface area contributed by atoms with Crippen LogP contribution in [-0.4, -0.2) is 28.3 Å². The van der Waals surface area contributed by atoms with Gasteiger partial charge in [-0.25, -0.2) is 5.10 Å². The topological polar surface area (TPSA) is 70.8 Å². The van der Waals surface area contributed by atoms with Crippen LogP contribution >= 0.6 is 0 Å². The van der Waals surface area contributed by atoms with Gasteiger partial charge >= 0.3 is 0 Å². The molecular formula is C11H19N5. The van der Waals surface area contributed by atoms with Crippen LogP contribution in [0.3, 0.4) is 0 Å². The van der Waals surface area contributed by atoms with Crippen molar-refractivity contribution in [2.75, 3.05) is 23.7 Å². The van der Waals surface area contributed by atoms with Crippen molar-refractivity contribution in [2.45, 2.75) is 38.5 Å². The van der Waals surface area contributed by atoms with Gasteiger partial charge in [0.1, 0.15) is 0 Å². The maximum Gasteiger partial charge on any atom is 0.246 e. The molecule has 3 N–H and O–H groups in total. The maximum absolute atomic E-state index is 5.55. The lowest BCUT2D eigenvalue weighted by Crippen LogP contribution is -2.39. The zero-order valence-corrected chi connectivity index (χ0v) is 9.58. The summed E-state index contributed by atoms with van der Waals surface area (Å²) >= 11 is 0. The fraction of sp³-hybridized carbons (Fsp3) is 0.818. The van der Waals surface area contributed by atoms with Crippen molar-refractivity contribution >= 4 is 11.9 Å². The number of aromatic nitrogens is 3. The molecule has 1 aliphatic heterocycles. The molecule has 0 atom stereocenters. The highest BCUT2D eigenvalue weighted by molar-refractivity contribution is 5.34. The van der Waals surface area contributed by atoms with E-state index in [1.165, 1.54) is 38.5 Å². The molecule has 5 nitrogen and oxygen atoms in total. The van der Waals surface area contributed by atoms with Crippen molar-refractivity contribution in [1.82, 2.24) is 15.2 Å². The van der Waals surface area contributed by atoms with Gasteiger partial charge in [-0.05, 0) is 31.1 Å². The van der Waals surface area contributed by atoms with E-state index in [1.54, 1.807) is 0 Å². The molecule has 1 saturated heterocycles. The van der Waals surface area contributed by atoms with Crippen molar-refractivity contribution in [2.24, 2.45) is 5.41 Å². The molecule has 2 aliphatic rings. The first-order valence-corrected chi connectivity index (χ1v) is 6.20. The molecule has 5 heteroatoms. The number of nitrogen functional groups attached to an aromatic ring is 1. The minimum Gasteiger partial charge on any atom is -0.368 e. The van der Waals surface area contributed by atoms with Gasteiger partial charge in [0.2, 0.25) is 11.9 Å². The summed E-state index contributed by atoms with van der Waals surface area (Å²) in [6.07, 6.45) is 8.29. The van der Waals surface area contributed by atoms with E-state index in [9.17, 15) is 0 Å². The number of nitrogens with zero attached hydrogens (tertiary/aromatic N) is 3. The third-order valence-corrected chi connectivity index (χ3v) is 4.26. The summed E-state index contributed by atoms with van der Waals surface area (Å²) in [5.74, 6) is 1.18. The summed E-state index contributed by atoms with van der Waals surface area (Å²) in [5.41, 5.74) is 6.20. The number of rotatable bonds is 1. The zero-order valence-electron chi connectivity index (χ0n) is 9.58. The standard InChI is InChI=1S/C11H19N5/c12-9-13-10(15-14-9)16-7-5-11(6-8-16)3-1-2-4-11/h1-8H2,(H3,12,13,14,15). The summed E-state index contributed by atoms with van der Waals surface area (Å²) in [6, 6.07) is 0. The third kappa shape index (κ3) is 1.64. The van der Waals surface area contributed by atoms with Gasteiger partial charge in [-0.1, -0.05) is 12.8 Å². The summed E-state index contributed by atoms with van der Waals surface area (Å²) in [5, 5.41) is 6.82. The fourth-order valence-electron chi connectivity index (χ4n) is 3.21. The Balaban J connectivity index is 1.66. The number of H-pyrrole nitrogens is 1. The summed E-state index contributed by atoms with van der Waals surface area (Å²) in [4.78, 5) is 6.43. The Bertz CT molecular complexity index is 356. The summed E-state index contributed by atoms with van der Waals surface area (Å²) < 4.78 is 0. The second-order valence-electron chi connectivity index (χ2n) is 5.21. The van der Waals surface area contributed by atoms with Crippen LogP contribution in [0.4, 0.5) is 11.9 Å². The molecule has 0 amide bonds. The van der Waals surface area contributed by atoms with Crippen LogP contribution in [-0.2, 0) is 0 Å². The largest absolute Gasteiger partial charge is 0.368 e. The SMILES string of the molecule is Nc1nc(N2CCC3(CCCC3)CC2)n[nH]1. The van der Waals surface area contributed by atoms with Crippen LogP contribution in [0.2, 0.25) is 0 Å². The minimum atomic E-state index is 0.413. The van der Waals surface area contributed by atoms with Crippen LogP contribution in [0.1, 0.15) is 38.5 Å². The second-order valence-corrected chi connectivity index (χ2v) is 5.21. The van der Waals surface area contributed by atoms with Gasteiger partial charge in [-0.2, -0.15) is 4.98 Å². The Morgan fingerprint density at radius 3 is 2.38 bits per heavy atom. The first-order chi connectivity index (χ1) is 7.77. The van der Waals surface area contributed by atoms with E-state index in [1.807, 2.05) is 0 Å². The van der Waals surface area contributed by atoms with Crippen LogP contribution in [0, 0.1) is 5.41 Å². The highest BCUT2D eigenvalue weighted by atomic mass is 15.4. The van der Waals surface area contributed by atoms with E-state index in [-0.39, 0.29) is 0 Å². The third-order valence-electron chi connectivity index (χ3n) is 4.26. The number of anilines is 2. The normalized spacial score (nSPS) is 24.1. The van der Waals surface area contributed by atoms with Crippen molar-refractivity contribution in [3.05, 3.63) is 0 Å². The molecule has 16 heavy (non-hydrogen) atoms. The van der Waals surface area contributed by atoms with Crippen LogP contribution in [0.5, 0.6) is 0 Å². The lowest BCUT2D eigenvalue weighted by Gasteiger charge is -2.38.